The lowest BCUT2D eigenvalue weighted by molar-refractivity contribution is -0.142. The van der Waals surface area contributed by atoms with E-state index in [-0.39, 0.29) is 31.4 Å². The second-order valence-corrected chi connectivity index (χ2v) is 20.6. The summed E-state index contributed by atoms with van der Waals surface area (Å²) in [5, 5.41) is 20.0. The molecule has 1 saturated heterocycles. The molecule has 1 aliphatic carbocycles. The lowest BCUT2D eigenvalue weighted by atomic mass is 9.84. The number of sulfone groups is 1. The molecule has 1 aromatic rings. The Morgan fingerprint density at radius 2 is 1.43 bits per heavy atom. The second kappa shape index (κ2) is 25.2. The predicted octanol–water partition coefficient (Wildman–Crippen LogP) is -1.34. The highest BCUT2D eigenvalue weighted by atomic mass is 32.2. The molecule has 1 saturated carbocycles. The monoisotopic (exact) mass is 974 g/mol. The zero-order valence-electron chi connectivity index (χ0n) is 39.0. The van der Waals surface area contributed by atoms with Crippen LogP contribution in [0.25, 0.3) is 0 Å². The van der Waals surface area contributed by atoms with Crippen LogP contribution in [0.1, 0.15) is 110 Å². The van der Waals surface area contributed by atoms with E-state index in [0.29, 0.717) is 24.8 Å². The highest BCUT2D eigenvalue weighted by Gasteiger charge is 2.41. The molecular formula is C45H66N8O14S. The number of carbonyl (C=O) groups is 11. The van der Waals surface area contributed by atoms with E-state index in [1.165, 1.54) is 38.1 Å². The fraction of sp³-hybridized carbons (Fsp3) is 0.622. The Bertz CT molecular complexity index is 2190. The van der Waals surface area contributed by atoms with Gasteiger partial charge in [0.1, 0.15) is 11.8 Å². The summed E-state index contributed by atoms with van der Waals surface area (Å²) in [5.41, 5.74) is 15.1. The average Bonchev–Trinajstić information content (AvgIpc) is 4.10. The number of rotatable bonds is 18. The zero-order chi connectivity index (χ0) is 51.1. The third kappa shape index (κ3) is 18.4. The minimum atomic E-state index is -4.24. The van der Waals surface area contributed by atoms with E-state index in [1.54, 1.807) is 13.8 Å². The zero-order valence-corrected chi connectivity index (χ0v) is 39.8. The highest BCUT2D eigenvalue weighted by molar-refractivity contribution is 7.91. The molecule has 0 unspecified atom stereocenters. The van der Waals surface area contributed by atoms with E-state index in [4.69, 9.17) is 17.2 Å². The van der Waals surface area contributed by atoms with Gasteiger partial charge < -0.3 is 48.5 Å². The molecule has 376 valence electrons. The van der Waals surface area contributed by atoms with Crippen LogP contribution in [0.2, 0.25) is 0 Å². The lowest BCUT2D eigenvalue weighted by Gasteiger charge is -2.31. The lowest BCUT2D eigenvalue weighted by Crippen LogP contribution is -2.56. The Hall–Kier alpha value is -6.26. The number of carbonyl (C=O) groups excluding carboxylic acids is 11. The van der Waals surface area contributed by atoms with Gasteiger partial charge in [0.15, 0.2) is 27.2 Å². The fourth-order valence-electron chi connectivity index (χ4n) is 7.67. The normalized spacial score (nSPS) is 22.9. The summed E-state index contributed by atoms with van der Waals surface area (Å²) in [6.45, 7) is 5.57. The van der Waals surface area contributed by atoms with E-state index in [2.05, 4.69) is 21.3 Å². The smallest absolute Gasteiger partial charge is 0.245 e. The molecule has 8 amide bonds. The number of ketones is 3. The predicted molar refractivity (Wildman–Crippen MR) is 244 cm³/mol. The summed E-state index contributed by atoms with van der Waals surface area (Å²) in [7, 11) is -4.24. The first kappa shape index (κ1) is 56.1. The number of phenols is 1. The van der Waals surface area contributed by atoms with Crippen LogP contribution < -0.4 is 38.5 Å². The Kier molecular flexibility index (Phi) is 20.8. The van der Waals surface area contributed by atoms with Gasteiger partial charge >= 0.3 is 0 Å². The van der Waals surface area contributed by atoms with E-state index in [9.17, 15) is 66.3 Å². The molecule has 1 aromatic carbocycles. The maximum absolute atomic E-state index is 14.4. The van der Waals surface area contributed by atoms with Crippen molar-refractivity contribution in [2.24, 2.45) is 35.0 Å². The molecular weight excluding hydrogens is 909 g/mol. The van der Waals surface area contributed by atoms with E-state index in [0.717, 1.165) is 4.90 Å². The number of nitrogens with two attached hydrogens (primary N) is 3. The number of nitrogens with zero attached hydrogens (tertiary/aromatic N) is 1. The van der Waals surface area contributed by atoms with Crippen molar-refractivity contribution in [3.63, 3.8) is 0 Å². The first-order valence-corrected chi connectivity index (χ1v) is 24.5. The number of nitrogens with one attached hydrogen (secondary N) is 4. The van der Waals surface area contributed by atoms with Crippen molar-refractivity contribution in [2.75, 3.05) is 18.1 Å². The number of benzene rings is 1. The van der Waals surface area contributed by atoms with Crippen molar-refractivity contribution in [2.45, 2.75) is 141 Å². The summed E-state index contributed by atoms with van der Waals surface area (Å²) in [6, 6.07) is 0.722. The Morgan fingerprint density at radius 1 is 0.809 bits per heavy atom. The Balaban J connectivity index is 2.08. The maximum atomic E-state index is 14.4. The minimum Gasteiger partial charge on any atom is -0.508 e. The first-order chi connectivity index (χ1) is 31.7. The molecule has 2 aliphatic rings. The molecule has 1 heterocycles. The third-order valence-electron chi connectivity index (χ3n) is 12.1. The van der Waals surface area contributed by atoms with Crippen LogP contribution in [0.3, 0.4) is 0 Å². The number of Topliss-reactive ketones (excluding diaryl/α,β-unsaturated/α-hetero) is 3. The number of phenolic OH excluding ortho intramolecular Hbond substituents is 1. The van der Waals surface area contributed by atoms with E-state index < -0.39 is 178 Å². The number of primary amides is 3. The van der Waals surface area contributed by atoms with Gasteiger partial charge in [0, 0.05) is 56.9 Å². The molecule has 1 aliphatic heterocycles. The third-order valence-corrected chi connectivity index (χ3v) is 13.8. The first-order valence-electron chi connectivity index (χ1n) is 22.6. The summed E-state index contributed by atoms with van der Waals surface area (Å²) in [5.74, 6) is -13.9. The standard InChI is InChI=1S/C45H66N8O14S/c1-5-25(2)30-23-35(56)33(20-26-6-10-29(54)11-7-26)49-40(61)17-19-68(66,67)18-16-32(44(65)53(28-8-9-28)24-41(62)52-45(3,4)36(57)13-15-38(47)59)51-42(63)27(22-39(48)60)21-34(55)31(50-43(30)64)12-14-37(46)58/h6-7,10-11,25,27-28,30-33,54H,5,8-9,12-24H2,1-4H3,(H2,46,58)(H2,47,59)(H2,48,60)(H,49,61)(H,50,64)(H,51,63)(H,52,62)/t25-,27-,30-,31-,32-,33-/m0/s1. The van der Waals surface area contributed by atoms with Gasteiger partial charge in [-0.25, -0.2) is 8.42 Å². The van der Waals surface area contributed by atoms with Gasteiger partial charge in [0.25, 0.3) is 0 Å². The second-order valence-electron chi connectivity index (χ2n) is 18.3. The molecule has 0 radical (unpaired) electrons. The number of amides is 8. The van der Waals surface area contributed by atoms with Gasteiger partial charge in [0.2, 0.25) is 47.3 Å². The molecule has 6 atom stereocenters. The van der Waals surface area contributed by atoms with Gasteiger partial charge in [-0.15, -0.1) is 0 Å². The Labute approximate surface area is 395 Å². The summed E-state index contributed by atoms with van der Waals surface area (Å²) >= 11 is 0. The molecule has 0 spiro atoms. The molecule has 0 bridgehead atoms. The summed E-state index contributed by atoms with van der Waals surface area (Å²) in [6.07, 6.45) is -3.48. The Morgan fingerprint density at radius 3 is 2.00 bits per heavy atom. The van der Waals surface area contributed by atoms with Gasteiger partial charge in [-0.3, -0.25) is 52.7 Å². The van der Waals surface area contributed by atoms with Crippen molar-refractivity contribution in [3.05, 3.63) is 29.8 Å². The van der Waals surface area contributed by atoms with Crippen molar-refractivity contribution in [3.8, 4) is 5.75 Å². The van der Waals surface area contributed by atoms with Crippen LogP contribution in [0.4, 0.5) is 0 Å². The number of aromatic hydroxyl groups is 1. The largest absolute Gasteiger partial charge is 0.508 e. The summed E-state index contributed by atoms with van der Waals surface area (Å²) in [4.78, 5) is 147. The number of hydrogen-bond donors (Lipinski definition) is 8. The highest BCUT2D eigenvalue weighted by Crippen LogP contribution is 2.28. The quantitative estimate of drug-likeness (QED) is 0.0844. The molecule has 11 N–H and O–H groups in total. The topological polar surface area (TPSA) is 372 Å². The van der Waals surface area contributed by atoms with Crippen molar-refractivity contribution < 1.29 is 66.3 Å². The molecule has 68 heavy (non-hydrogen) atoms. The average molecular weight is 975 g/mol. The van der Waals surface area contributed by atoms with Crippen LogP contribution in [0, 0.1) is 17.8 Å². The molecule has 0 aromatic heterocycles. The van der Waals surface area contributed by atoms with Crippen molar-refractivity contribution in [1.82, 2.24) is 26.2 Å². The van der Waals surface area contributed by atoms with Crippen LogP contribution in [-0.4, -0.2) is 131 Å². The van der Waals surface area contributed by atoms with E-state index >= 15 is 0 Å². The van der Waals surface area contributed by atoms with Crippen molar-refractivity contribution >= 4 is 74.4 Å². The number of hydrogen-bond acceptors (Lipinski definition) is 14. The van der Waals surface area contributed by atoms with Gasteiger partial charge in [-0.05, 0) is 69.6 Å². The fourth-order valence-corrected chi connectivity index (χ4v) is 8.96. The summed E-state index contributed by atoms with van der Waals surface area (Å²) < 4.78 is 27.2. The minimum absolute atomic E-state index is 0.0680. The maximum Gasteiger partial charge on any atom is 0.245 e. The van der Waals surface area contributed by atoms with Gasteiger partial charge in [-0.1, -0.05) is 32.4 Å². The SMILES string of the molecule is CC[C@H](C)[C@@H]1CC(=O)[C@H](Cc2ccc(O)cc2)NC(=O)CCS(=O)(=O)CC[C@@H](C(=O)N(CC(=O)NC(C)(C)C(=O)CCC(N)=O)C2CC2)NC(=O)[C@H](CC(N)=O)CC(=O)[C@H](CCC(N)=O)NC1=O. The van der Waals surface area contributed by atoms with Gasteiger partial charge in [0.05, 0.1) is 41.6 Å². The van der Waals surface area contributed by atoms with Gasteiger partial charge in [-0.2, -0.15) is 0 Å². The van der Waals surface area contributed by atoms with Crippen LogP contribution in [-0.2, 0) is 69.0 Å². The van der Waals surface area contributed by atoms with E-state index in [1.807, 2.05) is 0 Å². The van der Waals surface area contributed by atoms with Crippen LogP contribution in [0.15, 0.2) is 24.3 Å². The van der Waals surface area contributed by atoms with Crippen LogP contribution >= 0.6 is 0 Å². The van der Waals surface area contributed by atoms with Crippen LogP contribution in [0.5, 0.6) is 5.75 Å². The van der Waals surface area contributed by atoms with Crippen molar-refractivity contribution in [1.29, 1.82) is 0 Å². The molecule has 22 nitrogen and oxygen atoms in total. The molecule has 3 rings (SSSR count). The molecule has 23 heteroatoms. The molecule has 2 fully saturated rings.